The van der Waals surface area contributed by atoms with Crippen molar-refractivity contribution < 1.29 is 19.4 Å². The second-order valence-electron chi connectivity index (χ2n) is 0.0833. The number of hydrogen-bond acceptors (Lipinski definition) is 4. The van der Waals surface area contributed by atoms with Gasteiger partial charge in [0.15, 0.2) is 0 Å². The zero-order valence-electron chi connectivity index (χ0n) is 2.21. The fourth-order valence-electron chi connectivity index (χ4n) is 0. The Morgan fingerprint density at radius 1 is 1.20 bits per heavy atom. The molecule has 0 radical (unpaired) electrons. The first kappa shape index (κ1) is 8.83. The van der Waals surface area contributed by atoms with Gasteiger partial charge in [-0.3, -0.25) is 19.4 Å². The molecule has 0 atom stereocenters. The van der Waals surface area contributed by atoms with E-state index in [2.05, 4.69) is 0 Å². The third kappa shape index (κ3) is 163. The molecule has 0 heterocycles. The van der Waals surface area contributed by atoms with Crippen molar-refractivity contribution in [3.63, 3.8) is 0 Å². The Balaban J connectivity index is 0. The van der Waals surface area contributed by atoms with Crippen molar-refractivity contribution in [2.24, 2.45) is 0 Å². The van der Waals surface area contributed by atoms with E-state index < -0.39 is 9.29 Å². The summed E-state index contributed by atoms with van der Waals surface area (Å²) in [5, 5.41) is 12.0. The Bertz CT molecular complexity index is 24.6. The van der Waals surface area contributed by atoms with Gasteiger partial charge >= 0.3 is 9.29 Å². The van der Waals surface area contributed by atoms with Gasteiger partial charge in [0.1, 0.15) is 0 Å². The molecule has 5 heavy (non-hydrogen) atoms. The lowest BCUT2D eigenvalue weighted by molar-refractivity contribution is -0.176. The minimum Gasteiger partial charge on any atom is -0.274 e. The van der Waals surface area contributed by atoms with E-state index in [0.29, 0.717) is 0 Å². The molecule has 2 N–H and O–H groups in total. The average Bonchev–Trinajstić information content (AvgIpc) is 1.46. The summed E-state index contributed by atoms with van der Waals surface area (Å²) >= 11 is 0. The molecule has 0 spiro atoms. The maximum absolute atomic E-state index is 8.40. The van der Waals surface area contributed by atoms with Crippen molar-refractivity contribution in [3.8, 4) is 0 Å². The first-order valence-electron chi connectivity index (χ1n) is 0.608. The molecule has 5 heteroatoms. The summed E-state index contributed by atoms with van der Waals surface area (Å²) in [6, 6.07) is 0. The Morgan fingerprint density at radius 3 is 1.20 bits per heavy atom. The fraction of sp³-hybridized carbons (Fsp3) is 0. The fourth-order valence-corrected chi connectivity index (χ4v) is 0. The molecule has 0 rings (SSSR count). The molecule has 4 nitrogen and oxygen atoms in total. The van der Waals surface area contributed by atoms with Gasteiger partial charge in [0.25, 0.3) is 0 Å². The Hall–Kier alpha value is -0.263. The molecule has 0 saturated heterocycles. The molecule has 0 aliphatic rings. The highest BCUT2D eigenvalue weighted by Gasteiger charge is 1.22. The molecule has 30 valence electrons. The first-order valence-corrected chi connectivity index (χ1v) is 1.42. The minimum atomic E-state index is -1.42. The SMILES string of the molecule is O=[Si]=O.OO. The Labute approximate surface area is 29.9 Å². The molecule has 0 amide bonds. The maximum atomic E-state index is 8.40. The maximum Gasteiger partial charge on any atom is 0.549 e. The summed E-state index contributed by atoms with van der Waals surface area (Å²) < 4.78 is 16.8. The smallest absolute Gasteiger partial charge is 0.274 e. The third-order valence-electron chi connectivity index (χ3n) is 0. The molecule has 0 aromatic rings. The van der Waals surface area contributed by atoms with Gasteiger partial charge in [0.05, 0.1) is 0 Å². The molecular formula is H2O4Si. The summed E-state index contributed by atoms with van der Waals surface area (Å²) in [5.41, 5.74) is 0. The lowest BCUT2D eigenvalue weighted by Gasteiger charge is -1.25. The zero-order valence-corrected chi connectivity index (χ0v) is 3.21. The zero-order chi connectivity index (χ0) is 4.71. The van der Waals surface area contributed by atoms with Crippen molar-refractivity contribution in [2.45, 2.75) is 0 Å². The highest BCUT2D eigenvalue weighted by Crippen LogP contribution is 0.759. The summed E-state index contributed by atoms with van der Waals surface area (Å²) in [6.45, 7) is 0. The second-order valence-corrected chi connectivity index (χ2v) is 0.250. The van der Waals surface area contributed by atoms with Gasteiger partial charge in [0.2, 0.25) is 0 Å². The minimum absolute atomic E-state index is 1.42. The molecule has 0 saturated carbocycles. The van der Waals surface area contributed by atoms with Crippen LogP contribution in [0.3, 0.4) is 0 Å². The van der Waals surface area contributed by atoms with Crippen LogP contribution < -0.4 is 0 Å². The summed E-state index contributed by atoms with van der Waals surface area (Å²) in [7, 11) is -1.42. The predicted molar refractivity (Wildman–Crippen MR) is 12.4 cm³/mol. The molecule has 0 bridgehead atoms. The summed E-state index contributed by atoms with van der Waals surface area (Å²) in [4.78, 5) is 0. The molecule has 0 aromatic carbocycles. The van der Waals surface area contributed by atoms with Crippen LogP contribution >= 0.6 is 0 Å². The van der Waals surface area contributed by atoms with Crippen LogP contribution in [0.25, 0.3) is 0 Å². The van der Waals surface area contributed by atoms with Crippen LogP contribution in [0.2, 0.25) is 0 Å². The van der Waals surface area contributed by atoms with E-state index in [1.54, 1.807) is 0 Å². The second kappa shape index (κ2) is 51.5. The number of hydrogen-bond donors (Lipinski definition) is 2. The van der Waals surface area contributed by atoms with Crippen LogP contribution in [-0.2, 0) is 8.92 Å². The predicted octanol–water partition coefficient (Wildman–Crippen LogP) is -0.601. The Morgan fingerprint density at radius 2 is 1.20 bits per heavy atom. The molecular weight excluding hydrogens is 92.1 g/mol. The largest absolute Gasteiger partial charge is 0.549 e. The normalized spacial score (nSPS) is 2.80. The first-order chi connectivity index (χ1) is 2.41. The van der Waals surface area contributed by atoms with Gasteiger partial charge in [-0.2, -0.15) is 0 Å². The van der Waals surface area contributed by atoms with Gasteiger partial charge in [-0.15, -0.1) is 0 Å². The van der Waals surface area contributed by atoms with Gasteiger partial charge in [-0.05, 0) is 0 Å². The van der Waals surface area contributed by atoms with Gasteiger partial charge in [0, 0.05) is 0 Å². The monoisotopic (exact) mass is 94.0 g/mol. The van der Waals surface area contributed by atoms with Crippen LogP contribution in [0, 0.1) is 0 Å². The Kier molecular flexibility index (Phi) is 91.0. The standard InChI is InChI=1S/O2Si.H2O2/c1-3-2;1-2/h;1-2H. The van der Waals surface area contributed by atoms with Crippen molar-refractivity contribution in [1.29, 1.82) is 0 Å². The summed E-state index contributed by atoms with van der Waals surface area (Å²) in [5.74, 6) is 0. The van der Waals surface area contributed by atoms with Crippen LogP contribution in [0.5, 0.6) is 0 Å². The lowest BCUT2D eigenvalue weighted by atomic mass is 15.0. The molecule has 0 aromatic heterocycles. The molecule has 0 unspecified atom stereocenters. The topological polar surface area (TPSA) is 74.6 Å². The van der Waals surface area contributed by atoms with Crippen molar-refractivity contribution in [1.82, 2.24) is 0 Å². The van der Waals surface area contributed by atoms with Crippen LogP contribution in [0.1, 0.15) is 0 Å². The van der Waals surface area contributed by atoms with Gasteiger partial charge in [-0.25, -0.2) is 0 Å². The van der Waals surface area contributed by atoms with Crippen LogP contribution in [0.4, 0.5) is 0 Å². The van der Waals surface area contributed by atoms with Crippen molar-refractivity contribution in [2.75, 3.05) is 0 Å². The highest BCUT2D eigenvalue weighted by atomic mass is 28.2. The highest BCUT2D eigenvalue weighted by molar-refractivity contribution is 5.94. The van der Waals surface area contributed by atoms with E-state index in [4.69, 9.17) is 19.4 Å². The number of rotatable bonds is 0. The van der Waals surface area contributed by atoms with E-state index >= 15 is 0 Å². The van der Waals surface area contributed by atoms with E-state index in [-0.39, 0.29) is 0 Å². The molecule has 0 fully saturated rings. The van der Waals surface area contributed by atoms with Crippen LogP contribution in [0.15, 0.2) is 0 Å². The van der Waals surface area contributed by atoms with Crippen LogP contribution in [-0.4, -0.2) is 19.8 Å². The van der Waals surface area contributed by atoms with E-state index in [1.807, 2.05) is 0 Å². The van der Waals surface area contributed by atoms with Gasteiger partial charge in [-0.1, -0.05) is 0 Å². The van der Waals surface area contributed by atoms with E-state index in [1.165, 1.54) is 0 Å². The quantitative estimate of drug-likeness (QED) is 0.239. The third-order valence-corrected chi connectivity index (χ3v) is 0. The summed E-state index contributed by atoms with van der Waals surface area (Å²) in [6.07, 6.45) is 0. The average molecular weight is 94.1 g/mol. The van der Waals surface area contributed by atoms with E-state index in [0.717, 1.165) is 0 Å². The lowest BCUT2D eigenvalue weighted by Crippen LogP contribution is -1.29. The molecule has 0 aliphatic heterocycles. The van der Waals surface area contributed by atoms with Crippen molar-refractivity contribution in [3.05, 3.63) is 0 Å². The van der Waals surface area contributed by atoms with Crippen molar-refractivity contribution >= 4 is 9.29 Å². The van der Waals surface area contributed by atoms with Gasteiger partial charge < -0.3 is 0 Å². The molecule has 0 aliphatic carbocycles. The van der Waals surface area contributed by atoms with E-state index in [9.17, 15) is 0 Å².